The quantitative estimate of drug-likeness (QED) is 0.0179. The molecule has 0 aromatic carbocycles. The van der Waals surface area contributed by atoms with Gasteiger partial charge in [0, 0.05) is 31.1 Å². The number of phosphoric acid groups is 1. The van der Waals surface area contributed by atoms with Gasteiger partial charge in [0.05, 0.1) is 40.0 Å². The van der Waals surface area contributed by atoms with E-state index in [4.69, 9.17) is 18.5 Å². The number of esters is 2. The van der Waals surface area contributed by atoms with Gasteiger partial charge in [0.15, 0.2) is 6.10 Å². The molecule has 6 atom stereocenters. The first-order chi connectivity index (χ1) is 27.7. The molecule has 0 spiro atoms. The van der Waals surface area contributed by atoms with E-state index in [1.54, 1.807) is 12.2 Å². The van der Waals surface area contributed by atoms with Crippen molar-refractivity contribution in [1.29, 1.82) is 0 Å². The topological polar surface area (TPSA) is 166 Å². The van der Waals surface area contributed by atoms with Crippen LogP contribution in [0.3, 0.4) is 0 Å². The first kappa shape index (κ1) is 54.1. The number of ketones is 1. The highest BCUT2D eigenvalue weighted by Gasteiger charge is 2.39. The van der Waals surface area contributed by atoms with Crippen LogP contribution < -0.4 is 0 Å². The lowest BCUT2D eigenvalue weighted by Crippen LogP contribution is -2.37. The zero-order valence-electron chi connectivity index (χ0n) is 37.0. The molecule has 0 heterocycles. The van der Waals surface area contributed by atoms with Crippen molar-refractivity contribution >= 4 is 25.5 Å². The Labute approximate surface area is 351 Å². The molecule has 0 bridgehead atoms. The Bertz CT molecular complexity index is 1200. The highest BCUT2D eigenvalue weighted by Crippen LogP contribution is 2.43. The van der Waals surface area contributed by atoms with E-state index in [0.717, 1.165) is 38.5 Å². The summed E-state index contributed by atoms with van der Waals surface area (Å²) in [5, 5.41) is 20.7. The summed E-state index contributed by atoms with van der Waals surface area (Å²) >= 11 is 0. The third kappa shape index (κ3) is 29.3. The van der Waals surface area contributed by atoms with E-state index in [9.17, 15) is 34.1 Å². The summed E-state index contributed by atoms with van der Waals surface area (Å²) in [6.07, 6.45) is 27.3. The minimum Gasteiger partial charge on any atom is -0.462 e. The number of Topliss-reactive ketones (excluding diaryl/α,β-unsaturated/α-hetero) is 1. The van der Waals surface area contributed by atoms with Gasteiger partial charge in [-0.25, -0.2) is 4.57 Å². The Balaban J connectivity index is 2.50. The number of carbonyl (C=O) groups excluding carboxylic acids is 3. The second-order valence-corrected chi connectivity index (χ2v) is 18.7. The van der Waals surface area contributed by atoms with E-state index in [2.05, 4.69) is 13.8 Å². The number of hydrogen-bond acceptors (Lipinski definition) is 10. The van der Waals surface area contributed by atoms with E-state index in [-0.39, 0.29) is 44.2 Å². The van der Waals surface area contributed by atoms with Crippen LogP contribution >= 0.6 is 7.82 Å². The number of unbranched alkanes of at least 4 members (excludes halogenated alkanes) is 16. The highest BCUT2D eigenvalue weighted by atomic mass is 31.2. The molecule has 0 radical (unpaired) electrons. The smallest absolute Gasteiger partial charge is 0.462 e. The van der Waals surface area contributed by atoms with Crippen LogP contribution in [0.2, 0.25) is 0 Å². The molecule has 1 aliphatic carbocycles. The molecule has 1 unspecified atom stereocenters. The summed E-state index contributed by atoms with van der Waals surface area (Å²) in [5.74, 6) is -1.71. The molecule has 1 fully saturated rings. The molecular weight excluding hydrogens is 761 g/mol. The predicted octanol–water partition coefficient (Wildman–Crippen LogP) is 9.33. The van der Waals surface area contributed by atoms with Crippen LogP contribution in [0.4, 0.5) is 0 Å². The Morgan fingerprint density at radius 1 is 0.793 bits per heavy atom. The van der Waals surface area contributed by atoms with Crippen molar-refractivity contribution in [1.82, 2.24) is 0 Å². The minimum absolute atomic E-state index is 0.00932. The second-order valence-electron chi connectivity index (χ2n) is 17.2. The fourth-order valence-electron chi connectivity index (χ4n) is 6.94. The number of carbonyl (C=O) groups is 3. The van der Waals surface area contributed by atoms with Crippen molar-refractivity contribution in [3.63, 3.8) is 0 Å². The number of ether oxygens (including phenoxy) is 2. The number of aliphatic hydroxyl groups is 2. The van der Waals surface area contributed by atoms with Crippen molar-refractivity contribution in [2.45, 2.75) is 186 Å². The lowest BCUT2D eigenvalue weighted by Gasteiger charge is -2.24. The maximum Gasteiger partial charge on any atom is 0.472 e. The summed E-state index contributed by atoms with van der Waals surface area (Å²) in [4.78, 5) is 48.1. The Kier molecular flexibility index (Phi) is 30.6. The number of allylic oxidation sites excluding steroid dienone is 3. The molecule has 0 aliphatic heterocycles. The van der Waals surface area contributed by atoms with Crippen LogP contribution in [0, 0.1) is 11.8 Å². The average Bonchev–Trinajstić information content (AvgIpc) is 3.43. The molecule has 0 amide bonds. The molecular formula is C45H83NO11P+. The first-order valence-electron chi connectivity index (χ1n) is 22.7. The average molecular weight is 845 g/mol. The molecule has 0 aromatic heterocycles. The van der Waals surface area contributed by atoms with Crippen LogP contribution in [-0.4, -0.2) is 103 Å². The first-order valence-corrected chi connectivity index (χ1v) is 24.2. The van der Waals surface area contributed by atoms with Gasteiger partial charge in [0.25, 0.3) is 0 Å². The third-order valence-corrected chi connectivity index (χ3v) is 11.6. The van der Waals surface area contributed by atoms with Gasteiger partial charge in [-0.15, -0.1) is 0 Å². The Hall–Kier alpha value is -1.92. The monoisotopic (exact) mass is 845 g/mol. The van der Waals surface area contributed by atoms with Crippen molar-refractivity contribution < 1.29 is 57.1 Å². The van der Waals surface area contributed by atoms with Gasteiger partial charge < -0.3 is 29.1 Å². The second kappa shape index (κ2) is 32.8. The number of rotatable bonds is 37. The molecule has 0 aromatic rings. The highest BCUT2D eigenvalue weighted by molar-refractivity contribution is 7.47. The summed E-state index contributed by atoms with van der Waals surface area (Å²) < 4.78 is 34.2. The lowest BCUT2D eigenvalue weighted by atomic mass is 9.90. The fraction of sp³-hybridized carbons (Fsp3) is 0.844. The fourth-order valence-corrected chi connectivity index (χ4v) is 7.68. The summed E-state index contributed by atoms with van der Waals surface area (Å²) in [5.41, 5.74) is 0. The molecule has 13 heteroatoms. The van der Waals surface area contributed by atoms with Gasteiger partial charge in [0.2, 0.25) is 0 Å². The lowest BCUT2D eigenvalue weighted by molar-refractivity contribution is -0.870. The number of aliphatic hydroxyl groups excluding tert-OH is 2. The predicted molar refractivity (Wildman–Crippen MR) is 230 cm³/mol. The van der Waals surface area contributed by atoms with Gasteiger partial charge in [-0.1, -0.05) is 141 Å². The van der Waals surface area contributed by atoms with Crippen molar-refractivity contribution in [2.75, 3.05) is 47.5 Å². The molecule has 338 valence electrons. The van der Waals surface area contributed by atoms with Crippen molar-refractivity contribution in [3.05, 3.63) is 24.3 Å². The number of hydrogen-bond donors (Lipinski definition) is 3. The van der Waals surface area contributed by atoms with Crippen LogP contribution in [0.15, 0.2) is 24.3 Å². The standard InChI is InChI=1S/C45H82NO11P/c1-6-8-10-11-12-13-14-15-16-17-18-19-20-26-30-45(51)57-39(37-56-58(52,53)55-34-33-46(3,4)5)36-54-44(50)29-25-22-21-24-28-40-41(43(49)35-42(40)48)32-31-38(47)27-23-9-7-2/h21,24,31-32,38-42,47-48H,6-20,22-23,25-30,33-37H2,1-5H3/p+1/b24-21-,32-31+/t38-,39+,40+,41+,42-/m0/s1. The van der Waals surface area contributed by atoms with Crippen LogP contribution in [-0.2, 0) is 37.5 Å². The maximum atomic E-state index is 12.7. The number of quaternary nitrogens is 1. The zero-order valence-corrected chi connectivity index (χ0v) is 37.9. The molecule has 1 rings (SSSR count). The van der Waals surface area contributed by atoms with E-state index < -0.39 is 50.6 Å². The van der Waals surface area contributed by atoms with Gasteiger partial charge in [0.1, 0.15) is 25.5 Å². The van der Waals surface area contributed by atoms with E-state index in [0.29, 0.717) is 43.1 Å². The molecule has 12 nitrogen and oxygen atoms in total. The summed E-state index contributed by atoms with van der Waals surface area (Å²) in [7, 11) is 1.34. The maximum absolute atomic E-state index is 12.7. The van der Waals surface area contributed by atoms with Gasteiger partial charge in [-0.05, 0) is 32.1 Å². The van der Waals surface area contributed by atoms with Crippen molar-refractivity contribution in [2.24, 2.45) is 11.8 Å². The number of likely N-dealkylation sites (N-methyl/N-ethyl adjacent to an activating group) is 1. The summed E-state index contributed by atoms with van der Waals surface area (Å²) in [6, 6.07) is 0. The van der Waals surface area contributed by atoms with Crippen molar-refractivity contribution in [3.8, 4) is 0 Å². The molecule has 58 heavy (non-hydrogen) atoms. The Morgan fingerprint density at radius 2 is 1.36 bits per heavy atom. The van der Waals surface area contributed by atoms with Crippen LogP contribution in [0.1, 0.15) is 168 Å². The van der Waals surface area contributed by atoms with Crippen LogP contribution in [0.5, 0.6) is 0 Å². The zero-order chi connectivity index (χ0) is 43.1. The molecule has 1 aliphatic rings. The van der Waals surface area contributed by atoms with Gasteiger partial charge in [-0.2, -0.15) is 0 Å². The van der Waals surface area contributed by atoms with E-state index >= 15 is 0 Å². The van der Waals surface area contributed by atoms with E-state index in [1.807, 2.05) is 33.3 Å². The minimum atomic E-state index is -4.44. The summed E-state index contributed by atoms with van der Waals surface area (Å²) in [6.45, 7) is 4.02. The number of phosphoric ester groups is 1. The van der Waals surface area contributed by atoms with Gasteiger partial charge in [-0.3, -0.25) is 23.4 Å². The third-order valence-electron chi connectivity index (χ3n) is 10.6. The largest absolute Gasteiger partial charge is 0.472 e. The number of nitrogens with zero attached hydrogens (tertiary/aromatic N) is 1. The molecule has 0 saturated heterocycles. The van der Waals surface area contributed by atoms with E-state index in [1.165, 1.54) is 64.2 Å². The molecule has 3 N–H and O–H groups in total. The molecule has 1 saturated carbocycles. The van der Waals surface area contributed by atoms with Gasteiger partial charge >= 0.3 is 19.8 Å². The normalized spacial score (nSPS) is 19.5. The van der Waals surface area contributed by atoms with Crippen LogP contribution in [0.25, 0.3) is 0 Å². The Morgan fingerprint density at radius 3 is 1.97 bits per heavy atom. The SMILES string of the molecule is CCCCCCCCCCCCCCCCC(=O)O[C@H](COC(=O)CCC/C=C\C[C@H]1[C@@H](O)CC(=O)[C@@H]1/C=C/[C@@H](O)CCCCC)COP(=O)(O)OCC[N+](C)(C)C.